The van der Waals surface area contributed by atoms with Crippen LogP contribution in [0.5, 0.6) is 0 Å². The zero-order chi connectivity index (χ0) is 12.7. The third kappa shape index (κ3) is 4.45. The molecule has 0 aliphatic rings. The van der Waals surface area contributed by atoms with E-state index >= 15 is 0 Å². The van der Waals surface area contributed by atoms with Crippen LogP contribution < -0.4 is 10.6 Å². The lowest BCUT2D eigenvalue weighted by Gasteiger charge is -2.08. The van der Waals surface area contributed by atoms with Gasteiger partial charge in [0.15, 0.2) is 0 Å². The van der Waals surface area contributed by atoms with E-state index in [9.17, 15) is 4.79 Å². The molecule has 90 valence electrons. The van der Waals surface area contributed by atoms with Crippen molar-refractivity contribution in [3.05, 3.63) is 28.2 Å². The molecule has 2 N–H and O–H groups in total. The van der Waals surface area contributed by atoms with Gasteiger partial charge < -0.3 is 10.6 Å². The van der Waals surface area contributed by atoms with Crippen molar-refractivity contribution in [2.75, 3.05) is 18.4 Å². The largest absolute Gasteiger partial charge is 0.384 e. The van der Waals surface area contributed by atoms with E-state index in [4.69, 9.17) is 5.26 Å². The Bertz CT molecular complexity index is 440. The normalized spacial score (nSPS) is 9.47. The van der Waals surface area contributed by atoms with Crippen LogP contribution >= 0.6 is 15.9 Å². The van der Waals surface area contributed by atoms with Gasteiger partial charge in [0, 0.05) is 29.7 Å². The standard InChI is InChI=1S/C12H14BrN3O/c1-2-15-12(17)5-6-16-11-4-3-9(8-14)7-10(11)13/h3-4,7,16H,2,5-6H2,1H3,(H,15,17). The van der Waals surface area contributed by atoms with Crippen LogP contribution in [0.3, 0.4) is 0 Å². The maximum Gasteiger partial charge on any atom is 0.221 e. The van der Waals surface area contributed by atoms with Gasteiger partial charge in [0.05, 0.1) is 11.6 Å². The van der Waals surface area contributed by atoms with Crippen LogP contribution in [0.15, 0.2) is 22.7 Å². The van der Waals surface area contributed by atoms with Gasteiger partial charge in [-0.2, -0.15) is 5.26 Å². The molecule has 0 spiro atoms. The fraction of sp³-hybridized carbons (Fsp3) is 0.333. The highest BCUT2D eigenvalue weighted by molar-refractivity contribution is 9.10. The summed E-state index contributed by atoms with van der Waals surface area (Å²) in [7, 11) is 0. The van der Waals surface area contributed by atoms with Gasteiger partial charge in [0.25, 0.3) is 0 Å². The summed E-state index contributed by atoms with van der Waals surface area (Å²) in [5, 5.41) is 14.6. The van der Waals surface area contributed by atoms with Gasteiger partial charge in [-0.25, -0.2) is 0 Å². The molecule has 0 saturated carbocycles. The van der Waals surface area contributed by atoms with E-state index in [2.05, 4.69) is 32.6 Å². The van der Waals surface area contributed by atoms with E-state index in [-0.39, 0.29) is 5.91 Å². The summed E-state index contributed by atoms with van der Waals surface area (Å²) >= 11 is 3.37. The van der Waals surface area contributed by atoms with Gasteiger partial charge in [0.2, 0.25) is 5.91 Å². The molecule has 0 radical (unpaired) electrons. The highest BCUT2D eigenvalue weighted by atomic mass is 79.9. The van der Waals surface area contributed by atoms with E-state index < -0.39 is 0 Å². The second-order valence-electron chi connectivity index (χ2n) is 3.44. The molecule has 0 saturated heterocycles. The maximum atomic E-state index is 11.2. The molecule has 0 bridgehead atoms. The van der Waals surface area contributed by atoms with Crippen molar-refractivity contribution in [1.29, 1.82) is 5.26 Å². The first-order valence-corrected chi connectivity index (χ1v) is 6.17. The Morgan fingerprint density at radius 3 is 2.88 bits per heavy atom. The van der Waals surface area contributed by atoms with Gasteiger partial charge in [-0.1, -0.05) is 0 Å². The number of nitriles is 1. The lowest BCUT2D eigenvalue weighted by atomic mass is 10.2. The first-order valence-electron chi connectivity index (χ1n) is 5.37. The second-order valence-corrected chi connectivity index (χ2v) is 4.29. The molecule has 0 unspecified atom stereocenters. The van der Waals surface area contributed by atoms with Crippen molar-refractivity contribution in [3.8, 4) is 6.07 Å². The number of benzene rings is 1. The average molecular weight is 296 g/mol. The van der Waals surface area contributed by atoms with Crippen LogP contribution in [0, 0.1) is 11.3 Å². The van der Waals surface area contributed by atoms with E-state index in [1.807, 2.05) is 13.0 Å². The molecule has 1 aromatic carbocycles. The molecule has 1 amide bonds. The van der Waals surface area contributed by atoms with Crippen LogP contribution in [-0.4, -0.2) is 19.0 Å². The van der Waals surface area contributed by atoms with Gasteiger partial charge in [0.1, 0.15) is 0 Å². The van der Waals surface area contributed by atoms with Gasteiger partial charge in [-0.15, -0.1) is 0 Å². The Labute approximate surface area is 109 Å². The molecule has 4 nitrogen and oxygen atoms in total. The topological polar surface area (TPSA) is 64.9 Å². The monoisotopic (exact) mass is 295 g/mol. The summed E-state index contributed by atoms with van der Waals surface area (Å²) in [6.45, 7) is 3.11. The summed E-state index contributed by atoms with van der Waals surface area (Å²) < 4.78 is 0.826. The van der Waals surface area contributed by atoms with Crippen molar-refractivity contribution in [2.24, 2.45) is 0 Å². The third-order valence-corrected chi connectivity index (χ3v) is 2.80. The zero-order valence-corrected chi connectivity index (χ0v) is 11.2. The fourth-order valence-corrected chi connectivity index (χ4v) is 1.84. The molecule has 0 aromatic heterocycles. The second kappa shape index (κ2) is 6.92. The van der Waals surface area contributed by atoms with Crippen LogP contribution in [-0.2, 0) is 4.79 Å². The molecular formula is C12H14BrN3O. The van der Waals surface area contributed by atoms with Gasteiger partial charge >= 0.3 is 0 Å². The van der Waals surface area contributed by atoms with Gasteiger partial charge in [-0.05, 0) is 41.1 Å². The minimum atomic E-state index is 0.0322. The number of hydrogen-bond acceptors (Lipinski definition) is 3. The molecule has 0 aliphatic carbocycles. The maximum absolute atomic E-state index is 11.2. The molecule has 0 heterocycles. The minimum absolute atomic E-state index is 0.0322. The smallest absolute Gasteiger partial charge is 0.221 e. The number of anilines is 1. The van der Waals surface area contributed by atoms with Crippen LogP contribution in [0.4, 0.5) is 5.69 Å². The SMILES string of the molecule is CCNC(=O)CCNc1ccc(C#N)cc1Br. The van der Waals surface area contributed by atoms with E-state index in [0.29, 0.717) is 25.1 Å². The molecule has 17 heavy (non-hydrogen) atoms. The molecule has 5 heteroatoms. The Morgan fingerprint density at radius 2 is 2.29 bits per heavy atom. The number of nitrogens with zero attached hydrogens (tertiary/aromatic N) is 1. The van der Waals surface area contributed by atoms with Crippen LogP contribution in [0.1, 0.15) is 18.9 Å². The fourth-order valence-electron chi connectivity index (χ4n) is 1.32. The van der Waals surface area contributed by atoms with Crippen molar-refractivity contribution in [2.45, 2.75) is 13.3 Å². The summed E-state index contributed by atoms with van der Waals surface area (Å²) in [4.78, 5) is 11.2. The van der Waals surface area contributed by atoms with Crippen LogP contribution in [0.25, 0.3) is 0 Å². The lowest BCUT2D eigenvalue weighted by Crippen LogP contribution is -2.24. The molecule has 0 fully saturated rings. The Morgan fingerprint density at radius 1 is 1.53 bits per heavy atom. The number of hydrogen-bond donors (Lipinski definition) is 2. The van der Waals surface area contributed by atoms with Gasteiger partial charge in [-0.3, -0.25) is 4.79 Å². The quantitative estimate of drug-likeness (QED) is 0.876. The first kappa shape index (κ1) is 13.5. The number of halogens is 1. The number of nitrogens with one attached hydrogen (secondary N) is 2. The molecule has 0 atom stereocenters. The Balaban J connectivity index is 2.47. The number of carbonyl (C=O) groups is 1. The van der Waals surface area contributed by atoms with Crippen molar-refractivity contribution in [1.82, 2.24) is 5.32 Å². The minimum Gasteiger partial charge on any atom is -0.384 e. The van der Waals surface area contributed by atoms with Crippen LogP contribution in [0.2, 0.25) is 0 Å². The predicted octanol–water partition coefficient (Wildman–Crippen LogP) is 2.26. The number of amides is 1. The third-order valence-electron chi connectivity index (χ3n) is 2.14. The highest BCUT2D eigenvalue weighted by Crippen LogP contribution is 2.23. The molecular weight excluding hydrogens is 282 g/mol. The predicted molar refractivity (Wildman–Crippen MR) is 70.6 cm³/mol. The number of carbonyl (C=O) groups excluding carboxylic acids is 1. The lowest BCUT2D eigenvalue weighted by molar-refractivity contribution is -0.120. The van der Waals surface area contributed by atoms with E-state index in [0.717, 1.165) is 10.2 Å². The van der Waals surface area contributed by atoms with Crippen molar-refractivity contribution in [3.63, 3.8) is 0 Å². The van der Waals surface area contributed by atoms with Crippen molar-refractivity contribution >= 4 is 27.5 Å². The number of rotatable bonds is 5. The Hall–Kier alpha value is -1.54. The van der Waals surface area contributed by atoms with Crippen molar-refractivity contribution < 1.29 is 4.79 Å². The molecule has 1 aromatic rings. The molecule has 0 aliphatic heterocycles. The summed E-state index contributed by atoms with van der Waals surface area (Å²) in [5.41, 5.74) is 1.49. The average Bonchev–Trinajstić information content (AvgIpc) is 2.31. The molecule has 1 rings (SSSR count). The van der Waals surface area contributed by atoms with E-state index in [1.165, 1.54) is 0 Å². The first-order chi connectivity index (χ1) is 8.17. The highest BCUT2D eigenvalue weighted by Gasteiger charge is 2.02. The Kier molecular flexibility index (Phi) is 5.50. The summed E-state index contributed by atoms with van der Waals surface area (Å²) in [6, 6.07) is 7.36. The van der Waals surface area contributed by atoms with E-state index in [1.54, 1.807) is 12.1 Å². The summed E-state index contributed by atoms with van der Waals surface area (Å²) in [6.07, 6.45) is 0.431. The summed E-state index contributed by atoms with van der Waals surface area (Å²) in [5.74, 6) is 0.0322. The zero-order valence-electron chi connectivity index (χ0n) is 9.59.